The largest absolute Gasteiger partial charge is 0.459 e. The van der Waals surface area contributed by atoms with Crippen LogP contribution in [0.15, 0.2) is 24.3 Å². The molecule has 0 aliphatic carbocycles. The first kappa shape index (κ1) is 44.4. The van der Waals surface area contributed by atoms with E-state index < -0.39 is 17.3 Å². The molecule has 10 aliphatic heterocycles. The van der Waals surface area contributed by atoms with Crippen LogP contribution >= 0.6 is 0 Å². The third kappa shape index (κ3) is 8.91. The van der Waals surface area contributed by atoms with E-state index in [1.807, 2.05) is 0 Å². The number of esters is 1. The van der Waals surface area contributed by atoms with Gasteiger partial charge in [0, 0.05) is 25.7 Å². The van der Waals surface area contributed by atoms with Gasteiger partial charge >= 0.3 is 5.97 Å². The van der Waals surface area contributed by atoms with Gasteiger partial charge in [-0.2, -0.15) is 0 Å². The van der Waals surface area contributed by atoms with Gasteiger partial charge in [0.1, 0.15) is 24.4 Å². The summed E-state index contributed by atoms with van der Waals surface area (Å²) in [5, 5.41) is 11.3. The van der Waals surface area contributed by atoms with E-state index in [1.54, 1.807) is 0 Å². The maximum absolute atomic E-state index is 12.3. The normalized spacial score (nSPS) is 54.5. The van der Waals surface area contributed by atoms with Crippen LogP contribution in [0, 0.1) is 17.8 Å². The summed E-state index contributed by atoms with van der Waals surface area (Å²) < 4.78 is 68.6. The Morgan fingerprint density at radius 2 is 1.39 bits per heavy atom. The third-order valence-electron chi connectivity index (χ3n) is 16.9. The summed E-state index contributed by atoms with van der Waals surface area (Å²) >= 11 is 0. The van der Waals surface area contributed by atoms with E-state index in [2.05, 4.69) is 65.8 Å². The second-order valence-corrected chi connectivity index (χ2v) is 21.9. The lowest BCUT2D eigenvalue weighted by molar-refractivity contribution is -0.317. The number of ether oxygens (including phenoxy) is 10. The Hall–Kier alpha value is -1.45. The second-order valence-electron chi connectivity index (χ2n) is 21.9. The molecule has 0 saturated carbocycles. The molecule has 12 heteroatoms. The first-order valence-electron chi connectivity index (χ1n) is 25.0. The first-order chi connectivity index (χ1) is 29.8. The van der Waals surface area contributed by atoms with E-state index in [4.69, 9.17) is 47.4 Å². The molecule has 23 atom stereocenters. The molecule has 10 heterocycles. The predicted molar refractivity (Wildman–Crippen MR) is 228 cm³/mol. The van der Waals surface area contributed by atoms with Crippen LogP contribution in [-0.4, -0.2) is 132 Å². The van der Waals surface area contributed by atoms with Crippen molar-refractivity contribution >= 4 is 5.97 Å². The highest BCUT2D eigenvalue weighted by Crippen LogP contribution is 2.48. The Balaban J connectivity index is 0.815. The summed E-state index contributed by atoms with van der Waals surface area (Å²) in [7, 11) is 0. The van der Waals surface area contributed by atoms with Crippen molar-refractivity contribution in [1.82, 2.24) is 0 Å². The Morgan fingerprint density at radius 3 is 2.23 bits per heavy atom. The number of carbonyl (C=O) groups is 1. The molecule has 0 amide bonds. The van der Waals surface area contributed by atoms with Crippen LogP contribution in [0.3, 0.4) is 0 Å². The quantitative estimate of drug-likeness (QED) is 0.227. The van der Waals surface area contributed by atoms with Crippen molar-refractivity contribution in [3.05, 3.63) is 24.3 Å². The molecule has 0 aromatic carbocycles. The summed E-state index contributed by atoms with van der Waals surface area (Å²) in [4.78, 5) is 12.3. The zero-order valence-electron chi connectivity index (χ0n) is 38.2. The zero-order valence-corrected chi connectivity index (χ0v) is 38.2. The number of carbonyl (C=O) groups excluding carboxylic acids is 1. The van der Waals surface area contributed by atoms with Crippen LogP contribution in [0.25, 0.3) is 0 Å². The summed E-state index contributed by atoms with van der Waals surface area (Å²) in [5.74, 6) is 0.931. The van der Waals surface area contributed by atoms with Crippen molar-refractivity contribution in [2.75, 3.05) is 0 Å². The van der Waals surface area contributed by atoms with Crippen LogP contribution < -0.4 is 0 Å². The van der Waals surface area contributed by atoms with Gasteiger partial charge in [0.25, 0.3) is 0 Å². The molecule has 10 unspecified atom stereocenters. The molecule has 1 N–H and O–H groups in total. The minimum Gasteiger partial charge on any atom is -0.459 e. The fourth-order valence-corrected chi connectivity index (χ4v) is 13.4. The molecular weight excluding hydrogens is 793 g/mol. The van der Waals surface area contributed by atoms with E-state index in [1.165, 1.54) is 0 Å². The second kappa shape index (κ2) is 18.0. The van der Waals surface area contributed by atoms with Crippen LogP contribution in [0.2, 0.25) is 0 Å². The highest BCUT2D eigenvalue weighted by atomic mass is 16.6. The lowest BCUT2D eigenvalue weighted by atomic mass is 9.78. The lowest BCUT2D eigenvalue weighted by Gasteiger charge is -2.55. The van der Waals surface area contributed by atoms with Crippen LogP contribution in [-0.2, 0) is 52.2 Å². The maximum atomic E-state index is 12.3. The molecule has 10 rings (SSSR count). The zero-order chi connectivity index (χ0) is 42.9. The van der Waals surface area contributed by atoms with Crippen molar-refractivity contribution in [3.63, 3.8) is 0 Å². The predicted octanol–water partition coefficient (Wildman–Crippen LogP) is 7.24. The molecule has 62 heavy (non-hydrogen) atoms. The average molecular weight is 869 g/mol. The number of hydrogen-bond donors (Lipinski definition) is 1. The van der Waals surface area contributed by atoms with E-state index in [0.717, 1.165) is 77.0 Å². The number of hydrogen-bond acceptors (Lipinski definition) is 12. The SMILES string of the molecule is CCC(C)C[C@@H]1C[C@H](O)[C@@H]2O[C@@H]3C[C@]4(C)O[C@@H]5/C=C\C[C@@H]6O[C@H]7C(C/C=C\CC6OC5CCCC4OC3CC2O1)OC1CC2OC3CC(=O)O[C@H]3C[C@@H](C)C[C@@]2(C)O[C@H]1C[C@@H]7C. The van der Waals surface area contributed by atoms with Crippen molar-refractivity contribution in [2.24, 2.45) is 17.8 Å². The number of fused-ring (bicyclic) bond motifs is 9. The van der Waals surface area contributed by atoms with Crippen LogP contribution in [0.1, 0.15) is 144 Å². The van der Waals surface area contributed by atoms with Gasteiger partial charge in [0.05, 0.1) is 103 Å². The van der Waals surface area contributed by atoms with Crippen molar-refractivity contribution in [3.8, 4) is 0 Å². The van der Waals surface area contributed by atoms with E-state index in [-0.39, 0.29) is 116 Å². The molecular formula is C50H76O12. The van der Waals surface area contributed by atoms with Gasteiger partial charge in [-0.3, -0.25) is 4.79 Å². The minimum absolute atomic E-state index is 0.0592. The van der Waals surface area contributed by atoms with Gasteiger partial charge in [0.15, 0.2) is 0 Å². The first-order valence-corrected chi connectivity index (χ1v) is 25.0. The Bertz CT molecular complexity index is 1640. The van der Waals surface area contributed by atoms with Crippen LogP contribution in [0.5, 0.6) is 0 Å². The van der Waals surface area contributed by atoms with Gasteiger partial charge < -0.3 is 52.5 Å². The van der Waals surface area contributed by atoms with Crippen LogP contribution in [0.4, 0.5) is 0 Å². The fraction of sp³-hybridized carbons (Fsp3) is 0.900. The Kier molecular flexibility index (Phi) is 12.9. The van der Waals surface area contributed by atoms with Crippen molar-refractivity contribution < 1.29 is 57.3 Å². The lowest BCUT2D eigenvalue weighted by Crippen LogP contribution is -2.65. The van der Waals surface area contributed by atoms with Gasteiger partial charge in [-0.25, -0.2) is 0 Å². The molecule has 348 valence electrons. The highest BCUT2D eigenvalue weighted by Gasteiger charge is 2.57. The summed E-state index contributed by atoms with van der Waals surface area (Å²) in [6.07, 6.45) is 18.6. The molecule has 10 aliphatic rings. The number of aliphatic hydroxyl groups excluding tert-OH is 1. The number of aliphatic hydroxyl groups is 1. The minimum atomic E-state index is -0.572. The molecule has 12 nitrogen and oxygen atoms in total. The average Bonchev–Trinajstić information content (AvgIpc) is 3.52. The maximum Gasteiger partial charge on any atom is 0.308 e. The van der Waals surface area contributed by atoms with Gasteiger partial charge in [-0.05, 0) is 95.8 Å². The topological polar surface area (TPSA) is 130 Å². The van der Waals surface area contributed by atoms with Gasteiger partial charge in [-0.15, -0.1) is 0 Å². The number of rotatable bonds is 3. The van der Waals surface area contributed by atoms with E-state index >= 15 is 0 Å². The molecule has 0 bridgehead atoms. The highest BCUT2D eigenvalue weighted by molar-refractivity contribution is 5.72. The molecule has 0 aromatic rings. The summed E-state index contributed by atoms with van der Waals surface area (Å²) in [5.41, 5.74) is -1.04. The summed E-state index contributed by atoms with van der Waals surface area (Å²) in [6.45, 7) is 13.4. The Morgan fingerprint density at radius 1 is 0.661 bits per heavy atom. The monoisotopic (exact) mass is 869 g/mol. The van der Waals surface area contributed by atoms with Crippen molar-refractivity contribution in [2.45, 2.75) is 265 Å². The third-order valence-corrected chi connectivity index (χ3v) is 16.9. The standard InChI is InChI=1S/C50H76O12/c1-7-27(2)18-30-21-31(51)48-42(53-30)22-38-43(60-48)26-50(6)44(56-38)17-11-15-34-35(61-50)16-10-14-33-32(54-34)12-8-9-13-36-47(59-33)29(4)20-41-39(55-36)23-45-49(5,62-41)25-28(3)19-37-40(57-45)24-46(52)58-37/h8-10,16,27-45,47-48,51H,7,11-15,17-26H2,1-6H3/b9-8-,16-10-/t27?,28-,29+,30-,31+,32?,33+,34?,35-,36?,37+,38?,39?,40?,41+,42?,43-,44?,45?,47-,48+,49-,50+/m1/s1. The molecule has 8 fully saturated rings. The van der Waals surface area contributed by atoms with Gasteiger partial charge in [0.2, 0.25) is 0 Å². The smallest absolute Gasteiger partial charge is 0.308 e. The fourth-order valence-electron chi connectivity index (χ4n) is 13.4. The molecule has 0 radical (unpaired) electrons. The molecule has 0 spiro atoms. The molecule has 0 aromatic heterocycles. The Labute approximate surface area is 369 Å². The molecule has 8 saturated heterocycles. The van der Waals surface area contributed by atoms with Crippen molar-refractivity contribution in [1.29, 1.82) is 0 Å². The van der Waals surface area contributed by atoms with E-state index in [9.17, 15) is 9.90 Å². The summed E-state index contributed by atoms with van der Waals surface area (Å²) in [6, 6.07) is 0. The van der Waals surface area contributed by atoms with Gasteiger partial charge in [-0.1, -0.05) is 58.4 Å². The van der Waals surface area contributed by atoms with E-state index in [0.29, 0.717) is 37.5 Å².